The Bertz CT molecular complexity index is 413. The maximum atomic E-state index is 9.57. The van der Waals surface area contributed by atoms with Crippen LogP contribution in [-0.4, -0.2) is 15.6 Å². The quantitative estimate of drug-likeness (QED) is 0.618. The van der Waals surface area contributed by atoms with Gasteiger partial charge in [0.05, 0.1) is 4.58 Å². The Labute approximate surface area is 143 Å². The van der Waals surface area contributed by atoms with Crippen molar-refractivity contribution in [1.82, 2.24) is 0 Å². The fraction of sp³-hybridized carbons (Fsp3) is 0.684. The van der Waals surface area contributed by atoms with Gasteiger partial charge in [-0.2, -0.15) is 0 Å². The first-order chi connectivity index (χ1) is 10.8. The van der Waals surface area contributed by atoms with E-state index in [1.54, 1.807) is 0 Å². The minimum absolute atomic E-state index is 0.382. The molecule has 122 valence electrons. The van der Waals surface area contributed by atoms with Gasteiger partial charge in [0.2, 0.25) is 0 Å². The van der Waals surface area contributed by atoms with Gasteiger partial charge in [-0.05, 0) is 43.4 Å². The summed E-state index contributed by atoms with van der Waals surface area (Å²) >= 11 is 4.40. The molecule has 3 heteroatoms. The third-order valence-electron chi connectivity index (χ3n) is 4.90. The minimum atomic E-state index is 0.382. The van der Waals surface area contributed by atoms with Gasteiger partial charge >= 0.3 is 0 Å². The summed E-state index contributed by atoms with van der Waals surface area (Å²) in [6.07, 6.45) is 14.1. The second kappa shape index (κ2) is 8.54. The van der Waals surface area contributed by atoms with E-state index in [0.717, 1.165) is 10.5 Å². The number of benzene rings is 1. The molecule has 1 N–H and O–H groups in total. The lowest BCUT2D eigenvalue weighted by molar-refractivity contribution is 0.475. The van der Waals surface area contributed by atoms with E-state index in [0.29, 0.717) is 10.3 Å². The molecule has 0 atom stereocenters. The monoisotopic (exact) mass is 336 g/mol. The average Bonchev–Trinajstić information content (AvgIpc) is 2.57. The summed E-state index contributed by atoms with van der Waals surface area (Å²) < 4.78 is 0.548. The summed E-state index contributed by atoms with van der Waals surface area (Å²) in [6, 6.07) is 7.97. The Balaban J connectivity index is 1.67. The van der Waals surface area contributed by atoms with Gasteiger partial charge in [0.25, 0.3) is 0 Å². The van der Waals surface area contributed by atoms with E-state index >= 15 is 0 Å². The van der Waals surface area contributed by atoms with Crippen molar-refractivity contribution in [2.45, 2.75) is 79.3 Å². The van der Waals surface area contributed by atoms with Crippen LogP contribution in [0.25, 0.3) is 0 Å². The van der Waals surface area contributed by atoms with Gasteiger partial charge in [0, 0.05) is 10.5 Å². The number of phenols is 1. The van der Waals surface area contributed by atoms with Crippen molar-refractivity contribution in [3.8, 4) is 5.75 Å². The van der Waals surface area contributed by atoms with E-state index in [9.17, 15) is 5.11 Å². The van der Waals surface area contributed by atoms with Gasteiger partial charge < -0.3 is 5.11 Å². The number of aromatic hydroxyl groups is 1. The molecule has 2 saturated carbocycles. The molecule has 1 aromatic rings. The summed E-state index contributed by atoms with van der Waals surface area (Å²) in [4.78, 5) is 0. The van der Waals surface area contributed by atoms with Crippen molar-refractivity contribution in [1.29, 1.82) is 0 Å². The molecule has 1 aromatic carbocycles. The number of hydrogen-bond acceptors (Lipinski definition) is 3. The fourth-order valence-electron chi connectivity index (χ4n) is 3.57. The Morgan fingerprint density at radius 3 is 1.64 bits per heavy atom. The van der Waals surface area contributed by atoms with E-state index in [-0.39, 0.29) is 0 Å². The van der Waals surface area contributed by atoms with E-state index in [1.807, 2.05) is 12.1 Å². The van der Waals surface area contributed by atoms with Crippen molar-refractivity contribution in [2.75, 3.05) is 0 Å². The molecule has 0 bridgehead atoms. The normalized spacial score (nSPS) is 21.3. The summed E-state index contributed by atoms with van der Waals surface area (Å²) in [5, 5.41) is 11.2. The molecule has 2 fully saturated rings. The fourth-order valence-corrected chi connectivity index (χ4v) is 7.31. The van der Waals surface area contributed by atoms with Crippen molar-refractivity contribution in [3.63, 3.8) is 0 Å². The summed E-state index contributed by atoms with van der Waals surface area (Å²) in [6.45, 7) is 0. The average molecular weight is 337 g/mol. The first-order valence-electron chi connectivity index (χ1n) is 8.91. The van der Waals surface area contributed by atoms with Gasteiger partial charge in [0.15, 0.2) is 0 Å². The second-order valence-corrected chi connectivity index (χ2v) is 9.83. The highest BCUT2D eigenvalue weighted by Crippen LogP contribution is 2.49. The molecule has 0 heterocycles. The third-order valence-corrected chi connectivity index (χ3v) is 8.32. The maximum absolute atomic E-state index is 9.57. The Morgan fingerprint density at radius 1 is 0.727 bits per heavy atom. The number of phenolic OH excluding ortho intramolecular Hbond substituents is 1. The molecular formula is C19H28OS2. The first kappa shape index (κ1) is 16.6. The van der Waals surface area contributed by atoms with E-state index in [1.165, 1.54) is 69.8 Å². The van der Waals surface area contributed by atoms with Crippen LogP contribution in [0.15, 0.2) is 24.3 Å². The lowest BCUT2D eigenvalue weighted by atomic mass is 10.0. The van der Waals surface area contributed by atoms with Crippen LogP contribution >= 0.6 is 23.5 Å². The Morgan fingerprint density at radius 2 is 1.18 bits per heavy atom. The molecule has 3 rings (SSSR count). The van der Waals surface area contributed by atoms with Gasteiger partial charge in [-0.3, -0.25) is 0 Å². The summed E-state index contributed by atoms with van der Waals surface area (Å²) in [7, 11) is 0. The van der Waals surface area contributed by atoms with Crippen LogP contribution in [0.1, 0.15) is 74.4 Å². The highest BCUT2D eigenvalue weighted by atomic mass is 32.2. The van der Waals surface area contributed by atoms with Crippen LogP contribution in [0.2, 0.25) is 0 Å². The zero-order chi connectivity index (χ0) is 15.2. The molecule has 22 heavy (non-hydrogen) atoms. The van der Waals surface area contributed by atoms with Gasteiger partial charge in [-0.15, -0.1) is 23.5 Å². The van der Waals surface area contributed by atoms with Gasteiger partial charge in [0.1, 0.15) is 5.75 Å². The molecular weight excluding hydrogens is 308 g/mol. The smallest absolute Gasteiger partial charge is 0.115 e. The van der Waals surface area contributed by atoms with E-state index < -0.39 is 0 Å². The molecule has 2 aliphatic carbocycles. The summed E-state index contributed by atoms with van der Waals surface area (Å²) in [5.74, 6) is 0.382. The Kier molecular flexibility index (Phi) is 6.43. The topological polar surface area (TPSA) is 20.2 Å². The predicted molar refractivity (Wildman–Crippen MR) is 99.8 cm³/mol. The SMILES string of the molecule is Oc1ccc(C(SC2CCCCC2)SC2CCCCC2)cc1. The number of thioether (sulfide) groups is 2. The molecule has 0 aromatic heterocycles. The molecule has 2 aliphatic rings. The number of hydrogen-bond donors (Lipinski definition) is 1. The van der Waals surface area contributed by atoms with Crippen molar-refractivity contribution in [3.05, 3.63) is 29.8 Å². The van der Waals surface area contributed by atoms with Crippen LogP contribution in [0, 0.1) is 0 Å². The van der Waals surface area contributed by atoms with Crippen LogP contribution in [0.3, 0.4) is 0 Å². The lowest BCUT2D eigenvalue weighted by Crippen LogP contribution is -2.13. The predicted octanol–water partition coefficient (Wildman–Crippen LogP) is 6.52. The van der Waals surface area contributed by atoms with E-state index in [4.69, 9.17) is 0 Å². The highest BCUT2D eigenvalue weighted by molar-refractivity contribution is 8.16. The standard InChI is InChI=1S/C19H28OS2/c20-16-13-11-15(12-14-16)19(21-17-7-3-1-4-8-17)22-18-9-5-2-6-10-18/h11-14,17-20H,1-10H2. The van der Waals surface area contributed by atoms with Crippen molar-refractivity contribution < 1.29 is 5.11 Å². The highest BCUT2D eigenvalue weighted by Gasteiger charge is 2.25. The number of rotatable bonds is 5. The van der Waals surface area contributed by atoms with Gasteiger partial charge in [-0.1, -0.05) is 50.7 Å². The molecule has 0 saturated heterocycles. The van der Waals surface area contributed by atoms with Crippen LogP contribution < -0.4 is 0 Å². The van der Waals surface area contributed by atoms with Crippen molar-refractivity contribution in [2.24, 2.45) is 0 Å². The largest absolute Gasteiger partial charge is 0.508 e. The van der Waals surface area contributed by atoms with Crippen molar-refractivity contribution >= 4 is 23.5 Å². The van der Waals surface area contributed by atoms with E-state index in [2.05, 4.69) is 35.7 Å². The Hall–Kier alpha value is -0.280. The second-order valence-electron chi connectivity index (χ2n) is 6.72. The molecule has 0 unspecified atom stereocenters. The lowest BCUT2D eigenvalue weighted by Gasteiger charge is -2.30. The molecule has 1 nitrogen and oxygen atoms in total. The van der Waals surface area contributed by atoms with Gasteiger partial charge in [-0.25, -0.2) is 0 Å². The van der Waals surface area contributed by atoms with Crippen LogP contribution in [0.5, 0.6) is 5.75 Å². The molecule has 0 amide bonds. The zero-order valence-corrected chi connectivity index (χ0v) is 15.0. The first-order valence-corrected chi connectivity index (χ1v) is 10.8. The third kappa shape index (κ3) is 4.86. The van der Waals surface area contributed by atoms with Crippen LogP contribution in [0.4, 0.5) is 0 Å². The maximum Gasteiger partial charge on any atom is 0.115 e. The minimum Gasteiger partial charge on any atom is -0.508 e. The van der Waals surface area contributed by atoms with Crippen LogP contribution in [-0.2, 0) is 0 Å². The molecule has 0 radical (unpaired) electrons. The molecule has 0 aliphatic heterocycles. The summed E-state index contributed by atoms with van der Waals surface area (Å²) in [5.41, 5.74) is 1.39. The molecule has 0 spiro atoms. The zero-order valence-electron chi connectivity index (χ0n) is 13.4.